The van der Waals surface area contributed by atoms with E-state index in [9.17, 15) is 22.8 Å². The summed E-state index contributed by atoms with van der Waals surface area (Å²) in [4.78, 5) is 25.2. The SMILES string of the molecule is CC(=O)N1CCC(C(=O)NCc2cccc(OCC(F)(F)F)c2)CC1. The number of carbonyl (C=O) groups is 2. The predicted molar refractivity (Wildman–Crippen MR) is 84.8 cm³/mol. The van der Waals surface area contributed by atoms with Gasteiger partial charge in [-0.25, -0.2) is 0 Å². The fraction of sp³-hybridized carbons (Fsp3) is 0.529. The van der Waals surface area contributed by atoms with Crippen molar-refractivity contribution in [3.63, 3.8) is 0 Å². The molecule has 5 nitrogen and oxygen atoms in total. The van der Waals surface area contributed by atoms with Crippen LogP contribution in [0.5, 0.6) is 5.75 Å². The van der Waals surface area contributed by atoms with Crippen LogP contribution in [0.1, 0.15) is 25.3 Å². The van der Waals surface area contributed by atoms with Gasteiger partial charge in [-0.1, -0.05) is 12.1 Å². The lowest BCUT2D eigenvalue weighted by atomic mass is 9.96. The van der Waals surface area contributed by atoms with E-state index in [1.807, 2.05) is 0 Å². The second-order valence-electron chi connectivity index (χ2n) is 6.05. The van der Waals surface area contributed by atoms with E-state index in [1.54, 1.807) is 17.0 Å². The number of rotatable bonds is 5. The normalized spacial score (nSPS) is 15.8. The van der Waals surface area contributed by atoms with E-state index in [4.69, 9.17) is 4.74 Å². The van der Waals surface area contributed by atoms with Gasteiger partial charge in [-0.3, -0.25) is 9.59 Å². The van der Waals surface area contributed by atoms with E-state index >= 15 is 0 Å². The highest BCUT2D eigenvalue weighted by Crippen LogP contribution is 2.20. The molecule has 1 saturated heterocycles. The molecular formula is C17H21F3N2O3. The fourth-order valence-electron chi connectivity index (χ4n) is 2.70. The van der Waals surface area contributed by atoms with Crippen molar-refractivity contribution in [1.29, 1.82) is 0 Å². The third-order valence-electron chi connectivity index (χ3n) is 4.08. The number of halogens is 3. The summed E-state index contributed by atoms with van der Waals surface area (Å²) in [5.41, 5.74) is 0.661. The van der Waals surface area contributed by atoms with E-state index in [-0.39, 0.29) is 30.0 Å². The van der Waals surface area contributed by atoms with Crippen LogP contribution in [0.15, 0.2) is 24.3 Å². The molecule has 0 aromatic heterocycles. The summed E-state index contributed by atoms with van der Waals surface area (Å²) in [7, 11) is 0. The Morgan fingerprint density at radius 3 is 2.56 bits per heavy atom. The maximum absolute atomic E-state index is 12.2. The van der Waals surface area contributed by atoms with Gasteiger partial charge in [0.1, 0.15) is 5.75 Å². The molecule has 0 radical (unpaired) electrons. The van der Waals surface area contributed by atoms with Gasteiger partial charge in [0.05, 0.1) is 0 Å². The molecule has 1 heterocycles. The number of amides is 2. The van der Waals surface area contributed by atoms with Crippen molar-refractivity contribution >= 4 is 11.8 Å². The second kappa shape index (κ2) is 8.22. The second-order valence-corrected chi connectivity index (χ2v) is 6.05. The van der Waals surface area contributed by atoms with E-state index in [1.165, 1.54) is 19.1 Å². The quantitative estimate of drug-likeness (QED) is 0.880. The zero-order chi connectivity index (χ0) is 18.4. The minimum absolute atomic E-state index is 0.00882. The van der Waals surface area contributed by atoms with Crippen LogP contribution in [0.3, 0.4) is 0 Å². The van der Waals surface area contributed by atoms with E-state index < -0.39 is 12.8 Å². The Morgan fingerprint density at radius 1 is 1.28 bits per heavy atom. The molecule has 1 aliphatic heterocycles. The molecule has 0 atom stereocenters. The highest BCUT2D eigenvalue weighted by molar-refractivity contribution is 5.79. The van der Waals surface area contributed by atoms with Gasteiger partial charge in [-0.05, 0) is 30.5 Å². The standard InChI is InChI=1S/C17H21F3N2O3/c1-12(23)22-7-5-14(6-8-22)16(24)21-10-13-3-2-4-15(9-13)25-11-17(18,19)20/h2-4,9,14H,5-8,10-11H2,1H3,(H,21,24). The van der Waals surface area contributed by atoms with Gasteiger partial charge in [-0.15, -0.1) is 0 Å². The molecule has 1 aromatic carbocycles. The number of carbonyl (C=O) groups excluding carboxylic acids is 2. The Balaban J connectivity index is 1.81. The number of nitrogens with zero attached hydrogens (tertiary/aromatic N) is 1. The Bertz CT molecular complexity index is 611. The number of ether oxygens (including phenoxy) is 1. The highest BCUT2D eigenvalue weighted by Gasteiger charge is 2.28. The molecule has 1 aliphatic rings. The molecule has 1 N–H and O–H groups in total. The molecule has 8 heteroatoms. The Hall–Kier alpha value is -2.25. The van der Waals surface area contributed by atoms with Gasteiger partial charge in [0, 0.05) is 32.5 Å². The lowest BCUT2D eigenvalue weighted by molar-refractivity contribution is -0.153. The van der Waals surface area contributed by atoms with Crippen LogP contribution in [0.2, 0.25) is 0 Å². The fourth-order valence-corrected chi connectivity index (χ4v) is 2.70. The summed E-state index contributed by atoms with van der Waals surface area (Å²) in [5.74, 6) is -0.140. The number of likely N-dealkylation sites (tertiary alicyclic amines) is 1. The lowest BCUT2D eigenvalue weighted by Crippen LogP contribution is -2.42. The maximum Gasteiger partial charge on any atom is 0.422 e. The van der Waals surface area contributed by atoms with Crippen molar-refractivity contribution < 1.29 is 27.5 Å². The number of nitrogens with one attached hydrogen (secondary N) is 1. The van der Waals surface area contributed by atoms with Crippen LogP contribution in [-0.2, 0) is 16.1 Å². The minimum Gasteiger partial charge on any atom is -0.484 e. The Kier molecular flexibility index (Phi) is 6.27. The molecule has 1 aromatic rings. The largest absolute Gasteiger partial charge is 0.484 e. The number of alkyl halides is 3. The summed E-state index contributed by atoms with van der Waals surface area (Å²) >= 11 is 0. The van der Waals surface area contributed by atoms with E-state index in [0.29, 0.717) is 31.5 Å². The summed E-state index contributed by atoms with van der Waals surface area (Å²) in [6, 6.07) is 6.20. The predicted octanol–water partition coefficient (Wildman–Crippen LogP) is 2.50. The van der Waals surface area contributed by atoms with Crippen molar-refractivity contribution in [2.45, 2.75) is 32.5 Å². The van der Waals surface area contributed by atoms with Crippen LogP contribution in [0.4, 0.5) is 13.2 Å². The Morgan fingerprint density at radius 2 is 1.96 bits per heavy atom. The first-order chi connectivity index (χ1) is 11.7. The monoisotopic (exact) mass is 358 g/mol. The van der Waals surface area contributed by atoms with E-state index in [0.717, 1.165) is 0 Å². The molecule has 2 rings (SSSR count). The number of hydrogen-bond donors (Lipinski definition) is 1. The topological polar surface area (TPSA) is 58.6 Å². The number of benzene rings is 1. The summed E-state index contributed by atoms with van der Waals surface area (Å²) in [6.07, 6.45) is -3.17. The summed E-state index contributed by atoms with van der Waals surface area (Å²) in [6.45, 7) is 1.50. The molecule has 0 aliphatic carbocycles. The molecular weight excluding hydrogens is 337 g/mol. The molecule has 0 bridgehead atoms. The van der Waals surface area contributed by atoms with Crippen LogP contribution in [0, 0.1) is 5.92 Å². The average Bonchev–Trinajstić information content (AvgIpc) is 2.58. The van der Waals surface area contributed by atoms with Gasteiger partial charge >= 0.3 is 6.18 Å². The van der Waals surface area contributed by atoms with Gasteiger partial charge < -0.3 is 15.0 Å². The van der Waals surface area contributed by atoms with Gasteiger partial charge in [0.2, 0.25) is 11.8 Å². The zero-order valence-electron chi connectivity index (χ0n) is 13.9. The van der Waals surface area contributed by atoms with Crippen LogP contribution >= 0.6 is 0 Å². The first-order valence-electron chi connectivity index (χ1n) is 8.06. The van der Waals surface area contributed by atoms with Crippen LogP contribution in [-0.4, -0.2) is 42.6 Å². The maximum atomic E-state index is 12.2. The van der Waals surface area contributed by atoms with Crippen molar-refractivity contribution in [3.8, 4) is 5.75 Å². The molecule has 2 amide bonds. The lowest BCUT2D eigenvalue weighted by Gasteiger charge is -2.30. The molecule has 0 saturated carbocycles. The third kappa shape index (κ3) is 6.28. The number of hydrogen-bond acceptors (Lipinski definition) is 3. The molecule has 138 valence electrons. The van der Waals surface area contributed by atoms with Crippen molar-refractivity contribution in [1.82, 2.24) is 10.2 Å². The van der Waals surface area contributed by atoms with Gasteiger partial charge in [0.25, 0.3) is 0 Å². The summed E-state index contributed by atoms with van der Waals surface area (Å²) in [5, 5.41) is 2.79. The molecule has 25 heavy (non-hydrogen) atoms. The Labute approximate surface area is 144 Å². The van der Waals surface area contributed by atoms with Crippen LogP contribution < -0.4 is 10.1 Å². The molecule has 1 fully saturated rings. The first kappa shape index (κ1) is 19.1. The van der Waals surface area contributed by atoms with Crippen LogP contribution in [0.25, 0.3) is 0 Å². The average molecular weight is 358 g/mol. The van der Waals surface area contributed by atoms with Crippen molar-refractivity contribution in [2.75, 3.05) is 19.7 Å². The minimum atomic E-state index is -4.39. The number of piperidine rings is 1. The van der Waals surface area contributed by atoms with E-state index in [2.05, 4.69) is 5.32 Å². The van der Waals surface area contributed by atoms with Crippen molar-refractivity contribution in [2.24, 2.45) is 5.92 Å². The van der Waals surface area contributed by atoms with Gasteiger partial charge in [0.15, 0.2) is 6.61 Å². The molecule has 0 spiro atoms. The van der Waals surface area contributed by atoms with Gasteiger partial charge in [-0.2, -0.15) is 13.2 Å². The zero-order valence-corrected chi connectivity index (χ0v) is 13.9. The third-order valence-corrected chi connectivity index (χ3v) is 4.08. The smallest absolute Gasteiger partial charge is 0.422 e. The summed E-state index contributed by atoms with van der Waals surface area (Å²) < 4.78 is 41.2. The first-order valence-corrected chi connectivity index (χ1v) is 8.06. The molecule has 0 unspecified atom stereocenters. The highest BCUT2D eigenvalue weighted by atomic mass is 19.4. The van der Waals surface area contributed by atoms with Crippen molar-refractivity contribution in [3.05, 3.63) is 29.8 Å².